The van der Waals surface area contributed by atoms with Crippen LogP contribution in [-0.4, -0.2) is 64.5 Å². The molecule has 3 rings (SSSR count). The van der Waals surface area contributed by atoms with Gasteiger partial charge in [0.2, 0.25) is 15.9 Å². The largest absolute Gasteiger partial charge is 0.497 e. The molecule has 0 radical (unpaired) electrons. The molecule has 0 spiro atoms. The number of nitrogens with one attached hydrogen (secondary N) is 1. The Labute approximate surface area is 197 Å². The summed E-state index contributed by atoms with van der Waals surface area (Å²) < 4.78 is 42.6. The van der Waals surface area contributed by atoms with Crippen LogP contribution in [0.3, 0.4) is 0 Å². The minimum absolute atomic E-state index is 0.0311. The highest BCUT2D eigenvalue weighted by molar-refractivity contribution is 7.89. The van der Waals surface area contributed by atoms with Gasteiger partial charge in [-0.05, 0) is 49.6 Å². The summed E-state index contributed by atoms with van der Waals surface area (Å²) in [5.74, 6) is -1.61. The molecular formula is C23H26N2O8S. The number of benzene rings is 2. The summed E-state index contributed by atoms with van der Waals surface area (Å²) in [6, 6.07) is 7.73. The number of hydrogen-bond donors (Lipinski definition) is 1. The molecule has 0 saturated carbocycles. The molecule has 2 aromatic carbocycles. The van der Waals surface area contributed by atoms with Crippen LogP contribution >= 0.6 is 0 Å². The quantitative estimate of drug-likeness (QED) is 0.586. The van der Waals surface area contributed by atoms with E-state index in [2.05, 4.69) is 5.32 Å². The number of amides is 1. The van der Waals surface area contributed by atoms with Gasteiger partial charge in [0.15, 0.2) is 0 Å². The standard InChI is InChI=1S/C23H26N2O8S/c1-14-7-8-18(31-2)13-20(14)34(29,30)25-9-5-6-19(25)21(26)24-17-11-15(22(27)32-3)10-16(12-17)23(28)33-4/h7-8,10-13,19H,5-6,9H2,1-4H3,(H,24,26)/t19-/m0/s1. The number of nitrogens with zero attached hydrogens (tertiary/aromatic N) is 1. The van der Waals surface area contributed by atoms with Crippen LogP contribution in [0.2, 0.25) is 0 Å². The van der Waals surface area contributed by atoms with Crippen LogP contribution in [0.5, 0.6) is 5.75 Å². The van der Waals surface area contributed by atoms with E-state index in [9.17, 15) is 22.8 Å². The van der Waals surface area contributed by atoms with Gasteiger partial charge in [-0.25, -0.2) is 18.0 Å². The minimum atomic E-state index is -4.00. The van der Waals surface area contributed by atoms with Gasteiger partial charge in [-0.3, -0.25) is 4.79 Å². The van der Waals surface area contributed by atoms with Crippen molar-refractivity contribution in [2.75, 3.05) is 33.2 Å². The monoisotopic (exact) mass is 490 g/mol. The van der Waals surface area contributed by atoms with Crippen molar-refractivity contribution in [2.24, 2.45) is 0 Å². The Morgan fingerprint density at radius 3 is 2.15 bits per heavy atom. The summed E-state index contributed by atoms with van der Waals surface area (Å²) in [6.07, 6.45) is 0.810. The van der Waals surface area contributed by atoms with E-state index in [-0.39, 0.29) is 28.3 Å². The molecule has 2 aromatic rings. The van der Waals surface area contributed by atoms with E-state index in [0.717, 1.165) is 4.31 Å². The van der Waals surface area contributed by atoms with Crippen LogP contribution < -0.4 is 10.1 Å². The first-order valence-corrected chi connectivity index (χ1v) is 11.9. The number of rotatable bonds is 7. The molecule has 11 heteroatoms. The maximum atomic E-state index is 13.4. The van der Waals surface area contributed by atoms with Crippen molar-refractivity contribution in [1.82, 2.24) is 4.31 Å². The van der Waals surface area contributed by atoms with Gasteiger partial charge in [-0.2, -0.15) is 4.31 Å². The second-order valence-electron chi connectivity index (χ2n) is 7.68. The van der Waals surface area contributed by atoms with Gasteiger partial charge in [-0.15, -0.1) is 0 Å². The molecule has 0 unspecified atom stereocenters. The topological polar surface area (TPSA) is 128 Å². The number of methoxy groups -OCH3 is 3. The smallest absolute Gasteiger partial charge is 0.337 e. The Morgan fingerprint density at radius 2 is 1.59 bits per heavy atom. The van der Waals surface area contributed by atoms with Gasteiger partial charge in [0.25, 0.3) is 0 Å². The third kappa shape index (κ3) is 5.05. The highest BCUT2D eigenvalue weighted by atomic mass is 32.2. The van der Waals surface area contributed by atoms with E-state index >= 15 is 0 Å². The first-order chi connectivity index (χ1) is 16.1. The predicted molar refractivity (Wildman–Crippen MR) is 122 cm³/mol. The Bertz CT molecular complexity index is 1190. The van der Waals surface area contributed by atoms with Gasteiger partial charge in [-0.1, -0.05) is 6.07 Å². The van der Waals surface area contributed by atoms with Crippen LogP contribution in [0.4, 0.5) is 5.69 Å². The van der Waals surface area contributed by atoms with Crippen molar-refractivity contribution in [3.63, 3.8) is 0 Å². The van der Waals surface area contributed by atoms with Gasteiger partial charge < -0.3 is 19.5 Å². The number of ether oxygens (including phenoxy) is 3. The van der Waals surface area contributed by atoms with Gasteiger partial charge in [0.05, 0.1) is 37.4 Å². The summed E-state index contributed by atoms with van der Waals surface area (Å²) in [4.78, 5) is 37.2. The van der Waals surface area contributed by atoms with Gasteiger partial charge in [0, 0.05) is 18.3 Å². The SMILES string of the molecule is COC(=O)c1cc(NC(=O)[C@@H]2CCCN2S(=O)(=O)c2cc(OC)ccc2C)cc(C(=O)OC)c1. The molecule has 1 heterocycles. The molecule has 1 fully saturated rings. The molecule has 1 amide bonds. The van der Waals surface area contributed by atoms with Crippen molar-refractivity contribution >= 4 is 33.6 Å². The van der Waals surface area contributed by atoms with Crippen LogP contribution in [-0.2, 0) is 24.3 Å². The van der Waals surface area contributed by atoms with Crippen molar-refractivity contribution in [1.29, 1.82) is 0 Å². The first-order valence-electron chi connectivity index (χ1n) is 10.4. The lowest BCUT2D eigenvalue weighted by atomic mass is 10.1. The Morgan fingerprint density at radius 1 is 0.971 bits per heavy atom. The van der Waals surface area contributed by atoms with Crippen LogP contribution in [0.1, 0.15) is 39.1 Å². The van der Waals surface area contributed by atoms with E-state index in [1.54, 1.807) is 19.1 Å². The minimum Gasteiger partial charge on any atom is -0.497 e. The molecule has 0 aromatic heterocycles. The zero-order valence-corrected chi connectivity index (χ0v) is 20.1. The summed E-state index contributed by atoms with van der Waals surface area (Å²) >= 11 is 0. The zero-order valence-electron chi connectivity index (χ0n) is 19.3. The molecule has 1 aliphatic rings. The molecule has 34 heavy (non-hydrogen) atoms. The number of hydrogen-bond acceptors (Lipinski definition) is 8. The van der Waals surface area contributed by atoms with E-state index in [1.165, 1.54) is 45.6 Å². The maximum Gasteiger partial charge on any atom is 0.337 e. The van der Waals surface area contributed by atoms with Crippen molar-refractivity contribution < 1.29 is 37.0 Å². The lowest BCUT2D eigenvalue weighted by Crippen LogP contribution is -2.43. The number of esters is 2. The van der Waals surface area contributed by atoms with Crippen LogP contribution in [0.25, 0.3) is 0 Å². The van der Waals surface area contributed by atoms with E-state index in [4.69, 9.17) is 14.2 Å². The van der Waals surface area contributed by atoms with Crippen LogP contribution in [0.15, 0.2) is 41.3 Å². The molecule has 1 aliphatic heterocycles. The normalized spacial score (nSPS) is 16.1. The fourth-order valence-electron chi connectivity index (χ4n) is 3.80. The fourth-order valence-corrected chi connectivity index (χ4v) is 5.70. The molecule has 0 aliphatic carbocycles. The molecule has 10 nitrogen and oxygen atoms in total. The Kier molecular flexibility index (Phi) is 7.57. The predicted octanol–water partition coefficient (Wildman–Crippen LogP) is 2.37. The fraction of sp³-hybridized carbons (Fsp3) is 0.348. The highest BCUT2D eigenvalue weighted by Gasteiger charge is 2.40. The third-order valence-corrected chi connectivity index (χ3v) is 7.58. The Hall–Kier alpha value is -3.44. The Balaban J connectivity index is 1.92. The molecule has 182 valence electrons. The second kappa shape index (κ2) is 10.2. The summed E-state index contributed by atoms with van der Waals surface area (Å²) in [6.45, 7) is 1.84. The average molecular weight is 491 g/mol. The van der Waals surface area contributed by atoms with E-state index in [1.807, 2.05) is 0 Å². The van der Waals surface area contributed by atoms with E-state index < -0.39 is 33.9 Å². The summed E-state index contributed by atoms with van der Waals surface area (Å²) in [5, 5.41) is 2.63. The lowest BCUT2D eigenvalue weighted by Gasteiger charge is -2.24. The third-order valence-electron chi connectivity index (χ3n) is 5.53. The molecule has 1 N–H and O–H groups in total. The van der Waals surface area contributed by atoms with Gasteiger partial charge in [0.1, 0.15) is 11.8 Å². The average Bonchev–Trinajstić information content (AvgIpc) is 3.34. The lowest BCUT2D eigenvalue weighted by molar-refractivity contribution is -0.119. The maximum absolute atomic E-state index is 13.4. The van der Waals surface area contributed by atoms with Crippen molar-refractivity contribution in [3.05, 3.63) is 53.1 Å². The van der Waals surface area contributed by atoms with Gasteiger partial charge >= 0.3 is 11.9 Å². The molecule has 1 saturated heterocycles. The van der Waals surface area contributed by atoms with Crippen molar-refractivity contribution in [3.8, 4) is 5.75 Å². The van der Waals surface area contributed by atoms with Crippen LogP contribution in [0, 0.1) is 6.92 Å². The first kappa shape index (κ1) is 25.2. The number of carbonyl (C=O) groups excluding carboxylic acids is 3. The van der Waals surface area contributed by atoms with Crippen molar-refractivity contribution in [2.45, 2.75) is 30.7 Å². The zero-order chi connectivity index (χ0) is 25.0. The molecule has 1 atom stereocenters. The van der Waals surface area contributed by atoms with E-state index in [0.29, 0.717) is 24.2 Å². The molecular weight excluding hydrogens is 464 g/mol. The summed E-state index contributed by atoms with van der Waals surface area (Å²) in [5.41, 5.74) is 0.725. The summed E-state index contributed by atoms with van der Waals surface area (Å²) in [7, 11) is -0.177. The number of carbonyl (C=O) groups is 3. The number of anilines is 1. The highest BCUT2D eigenvalue weighted by Crippen LogP contribution is 2.31. The molecule has 0 bridgehead atoms. The second-order valence-corrected chi connectivity index (χ2v) is 9.54. The number of aryl methyl sites for hydroxylation is 1. The number of sulfonamides is 1.